The molecule has 2 nitrogen and oxygen atoms in total. The van der Waals surface area contributed by atoms with Crippen LogP contribution in [-0.4, -0.2) is 22.9 Å². The van der Waals surface area contributed by atoms with Gasteiger partial charge in [0.05, 0.1) is 6.42 Å². The zero-order chi connectivity index (χ0) is 13.1. The monoisotopic (exact) mass is 253 g/mol. The molecular weight excluding hydrogens is 245 g/mol. The van der Waals surface area contributed by atoms with Gasteiger partial charge in [-0.2, -0.15) is 22.0 Å². The van der Waals surface area contributed by atoms with E-state index < -0.39 is 30.7 Å². The van der Waals surface area contributed by atoms with Gasteiger partial charge in [0.2, 0.25) is 0 Å². The van der Waals surface area contributed by atoms with E-state index in [-0.39, 0.29) is 5.69 Å². The molecule has 0 unspecified atom stereocenters. The van der Waals surface area contributed by atoms with Crippen molar-refractivity contribution in [1.29, 1.82) is 0 Å². The third-order valence-electron chi connectivity index (χ3n) is 1.94. The van der Waals surface area contributed by atoms with Crippen molar-refractivity contribution in [3.05, 3.63) is 30.1 Å². The number of halogens is 5. The van der Waals surface area contributed by atoms with Crippen LogP contribution in [0.5, 0.6) is 0 Å². The van der Waals surface area contributed by atoms with Gasteiger partial charge in [-0.15, -0.1) is 0 Å². The molecule has 1 aromatic heterocycles. The summed E-state index contributed by atoms with van der Waals surface area (Å²) in [5.41, 5.74) is 0.162. The van der Waals surface area contributed by atoms with E-state index in [1.165, 1.54) is 24.4 Å². The minimum Gasteiger partial charge on any atom is -0.299 e. The number of aromatic nitrogens is 1. The largest absolute Gasteiger partial charge is 0.453 e. The Kier molecular flexibility index (Phi) is 3.79. The summed E-state index contributed by atoms with van der Waals surface area (Å²) in [7, 11) is 0. The lowest BCUT2D eigenvalue weighted by Crippen LogP contribution is -2.38. The average molecular weight is 253 g/mol. The number of carbonyl (C=O) groups is 1. The van der Waals surface area contributed by atoms with Crippen molar-refractivity contribution in [2.75, 3.05) is 0 Å². The van der Waals surface area contributed by atoms with Crippen LogP contribution in [0.3, 0.4) is 0 Å². The first kappa shape index (κ1) is 13.5. The van der Waals surface area contributed by atoms with E-state index in [0.717, 1.165) is 0 Å². The number of hydrogen-bond acceptors (Lipinski definition) is 2. The Hall–Kier alpha value is -1.53. The third-order valence-corrected chi connectivity index (χ3v) is 1.94. The first-order valence-corrected chi connectivity index (χ1v) is 4.58. The Morgan fingerprint density at radius 3 is 2.29 bits per heavy atom. The molecule has 17 heavy (non-hydrogen) atoms. The van der Waals surface area contributed by atoms with Crippen LogP contribution < -0.4 is 0 Å². The van der Waals surface area contributed by atoms with Crippen molar-refractivity contribution >= 4 is 5.78 Å². The maximum Gasteiger partial charge on any atom is 0.453 e. The fourth-order valence-corrected chi connectivity index (χ4v) is 1.12. The Balaban J connectivity index is 2.62. The van der Waals surface area contributed by atoms with Crippen LogP contribution in [0, 0.1) is 0 Å². The smallest absolute Gasteiger partial charge is 0.299 e. The van der Waals surface area contributed by atoms with Crippen LogP contribution in [0.2, 0.25) is 0 Å². The van der Waals surface area contributed by atoms with Crippen molar-refractivity contribution in [1.82, 2.24) is 4.98 Å². The minimum atomic E-state index is -5.70. The number of hydrogen-bond donors (Lipinski definition) is 0. The van der Waals surface area contributed by atoms with Crippen molar-refractivity contribution in [3.63, 3.8) is 0 Å². The minimum absolute atomic E-state index is 0.162. The summed E-state index contributed by atoms with van der Waals surface area (Å²) in [6.45, 7) is 0. The number of pyridine rings is 1. The lowest BCUT2D eigenvalue weighted by atomic mass is 10.1. The molecular formula is C10H8F5NO. The molecule has 0 aromatic carbocycles. The molecule has 0 aliphatic carbocycles. The van der Waals surface area contributed by atoms with E-state index in [2.05, 4.69) is 4.98 Å². The second-order valence-corrected chi connectivity index (χ2v) is 3.42. The molecule has 0 radical (unpaired) electrons. The van der Waals surface area contributed by atoms with Gasteiger partial charge in [-0.3, -0.25) is 9.78 Å². The molecule has 0 spiro atoms. The summed E-state index contributed by atoms with van der Waals surface area (Å²) in [4.78, 5) is 14.7. The standard InChI is InChI=1S/C10H8F5NO/c11-9(12,10(13,14)15)6-8(17)5-7-3-1-2-4-16-7/h1-4H,5-6H2. The second-order valence-electron chi connectivity index (χ2n) is 3.42. The summed E-state index contributed by atoms with van der Waals surface area (Å²) in [6.07, 6.45) is -6.77. The first-order chi connectivity index (χ1) is 7.72. The molecule has 0 saturated carbocycles. The lowest BCUT2D eigenvalue weighted by molar-refractivity contribution is -0.281. The molecule has 0 saturated heterocycles. The van der Waals surface area contributed by atoms with E-state index in [9.17, 15) is 26.7 Å². The van der Waals surface area contributed by atoms with Gasteiger partial charge in [-0.1, -0.05) is 6.07 Å². The highest BCUT2D eigenvalue weighted by molar-refractivity contribution is 5.81. The molecule has 0 aliphatic heterocycles. The number of Topliss-reactive ketones (excluding diaryl/α,β-unsaturated/α-hetero) is 1. The Bertz CT molecular complexity index is 387. The Labute approximate surface area is 93.5 Å². The summed E-state index contributed by atoms with van der Waals surface area (Å²) in [6, 6.07) is 4.43. The number of ketones is 1. The van der Waals surface area contributed by atoms with Gasteiger partial charge in [0.15, 0.2) is 0 Å². The number of alkyl halides is 5. The van der Waals surface area contributed by atoms with Crippen LogP contribution in [-0.2, 0) is 11.2 Å². The van der Waals surface area contributed by atoms with Crippen LogP contribution in [0.1, 0.15) is 12.1 Å². The summed E-state index contributed by atoms with van der Waals surface area (Å²) in [5, 5.41) is 0. The highest BCUT2D eigenvalue weighted by Crippen LogP contribution is 2.38. The Morgan fingerprint density at radius 2 is 1.82 bits per heavy atom. The molecule has 0 aliphatic rings. The highest BCUT2D eigenvalue weighted by atomic mass is 19.4. The molecule has 1 aromatic rings. The summed E-state index contributed by atoms with van der Waals surface area (Å²) >= 11 is 0. The maximum atomic E-state index is 12.5. The molecule has 94 valence electrons. The topological polar surface area (TPSA) is 30.0 Å². The van der Waals surface area contributed by atoms with E-state index in [4.69, 9.17) is 0 Å². The predicted octanol–water partition coefficient (Wildman–Crippen LogP) is 2.78. The van der Waals surface area contributed by atoms with Crippen molar-refractivity contribution < 1.29 is 26.7 Å². The fraction of sp³-hybridized carbons (Fsp3) is 0.400. The van der Waals surface area contributed by atoms with Crippen LogP contribution in [0.4, 0.5) is 22.0 Å². The van der Waals surface area contributed by atoms with Gasteiger partial charge < -0.3 is 0 Å². The molecule has 0 bridgehead atoms. The summed E-state index contributed by atoms with van der Waals surface area (Å²) in [5.74, 6) is -6.19. The lowest BCUT2D eigenvalue weighted by Gasteiger charge is -2.18. The number of carbonyl (C=O) groups excluding carboxylic acids is 1. The van der Waals surface area contributed by atoms with E-state index in [1.807, 2.05) is 0 Å². The van der Waals surface area contributed by atoms with Gasteiger partial charge in [-0.25, -0.2) is 0 Å². The normalized spacial score (nSPS) is 12.5. The predicted molar refractivity (Wildman–Crippen MR) is 48.6 cm³/mol. The zero-order valence-corrected chi connectivity index (χ0v) is 8.47. The van der Waals surface area contributed by atoms with Gasteiger partial charge >= 0.3 is 12.1 Å². The quantitative estimate of drug-likeness (QED) is 0.772. The maximum absolute atomic E-state index is 12.5. The molecule has 0 fully saturated rings. The van der Waals surface area contributed by atoms with E-state index in [1.54, 1.807) is 0 Å². The zero-order valence-electron chi connectivity index (χ0n) is 8.47. The van der Waals surface area contributed by atoms with Gasteiger partial charge in [-0.05, 0) is 12.1 Å². The fourth-order valence-electron chi connectivity index (χ4n) is 1.12. The molecule has 7 heteroatoms. The van der Waals surface area contributed by atoms with Crippen LogP contribution >= 0.6 is 0 Å². The van der Waals surface area contributed by atoms with Crippen molar-refractivity contribution in [2.24, 2.45) is 0 Å². The first-order valence-electron chi connectivity index (χ1n) is 4.58. The van der Waals surface area contributed by atoms with Gasteiger partial charge in [0.1, 0.15) is 5.78 Å². The van der Waals surface area contributed by atoms with Crippen molar-refractivity contribution in [2.45, 2.75) is 24.9 Å². The second kappa shape index (κ2) is 4.77. The van der Waals surface area contributed by atoms with Gasteiger partial charge in [0.25, 0.3) is 0 Å². The van der Waals surface area contributed by atoms with Crippen LogP contribution in [0.15, 0.2) is 24.4 Å². The molecule has 0 N–H and O–H groups in total. The van der Waals surface area contributed by atoms with Crippen LogP contribution in [0.25, 0.3) is 0 Å². The third kappa shape index (κ3) is 3.76. The van der Waals surface area contributed by atoms with Gasteiger partial charge in [0, 0.05) is 18.3 Å². The molecule has 1 heterocycles. The molecule has 1 rings (SSSR count). The molecule has 0 amide bonds. The van der Waals surface area contributed by atoms with E-state index >= 15 is 0 Å². The number of nitrogens with zero attached hydrogens (tertiary/aromatic N) is 1. The number of rotatable bonds is 4. The SMILES string of the molecule is O=C(Cc1ccccn1)CC(F)(F)C(F)(F)F. The van der Waals surface area contributed by atoms with E-state index in [0.29, 0.717) is 0 Å². The van der Waals surface area contributed by atoms with Crippen molar-refractivity contribution in [3.8, 4) is 0 Å². The highest BCUT2D eigenvalue weighted by Gasteiger charge is 2.58. The Morgan fingerprint density at radius 1 is 1.18 bits per heavy atom. The average Bonchev–Trinajstić information content (AvgIpc) is 2.16. The molecule has 0 atom stereocenters. The summed E-state index contributed by atoms with van der Waals surface area (Å²) < 4.78 is 60.5.